The van der Waals surface area contributed by atoms with Crippen molar-refractivity contribution in [3.8, 4) is 0 Å². The van der Waals surface area contributed by atoms with Crippen molar-refractivity contribution in [1.29, 1.82) is 0 Å². The molecule has 52 heavy (non-hydrogen) atoms. The first-order chi connectivity index (χ1) is 25.0. The maximum absolute atomic E-state index is 12.7. The molecule has 0 spiro atoms. The summed E-state index contributed by atoms with van der Waals surface area (Å²) in [7, 11) is -5.00. The van der Waals surface area contributed by atoms with Gasteiger partial charge in [-0.05, 0) is 12.8 Å². The van der Waals surface area contributed by atoms with Gasteiger partial charge in [0.1, 0.15) is 42.7 Å². The summed E-state index contributed by atoms with van der Waals surface area (Å²) in [4.78, 5) is 23.0. The van der Waals surface area contributed by atoms with Crippen LogP contribution in [0.4, 0.5) is 0 Å². The Morgan fingerprint density at radius 1 is 0.538 bits per heavy atom. The van der Waals surface area contributed by atoms with E-state index in [0.717, 1.165) is 38.5 Å². The molecule has 12 nitrogen and oxygen atoms in total. The lowest BCUT2D eigenvalue weighted by Gasteiger charge is -2.41. The predicted octanol–water partition coefficient (Wildman–Crippen LogP) is 7.42. The number of esters is 1. The molecule has 0 heterocycles. The topological polar surface area (TPSA) is 192 Å². The lowest BCUT2D eigenvalue weighted by Crippen LogP contribution is -2.64. The number of hydrogen-bond donors (Lipinski definition) is 6. The Kier molecular flexibility index (Phi) is 29.9. The molecule has 6 atom stereocenters. The van der Waals surface area contributed by atoms with Crippen LogP contribution in [0.25, 0.3) is 0 Å². The molecular formula is C39H77O12P. The molecule has 0 aliphatic heterocycles. The monoisotopic (exact) mass is 769 g/mol. The van der Waals surface area contributed by atoms with Gasteiger partial charge in [-0.1, -0.05) is 162 Å². The van der Waals surface area contributed by atoms with Crippen LogP contribution in [0, 0.1) is 0 Å². The lowest BCUT2D eigenvalue weighted by molar-refractivity contribution is -0.220. The molecule has 0 saturated heterocycles. The molecule has 6 unspecified atom stereocenters. The van der Waals surface area contributed by atoms with Gasteiger partial charge in [-0.25, -0.2) is 4.57 Å². The molecule has 1 fully saturated rings. The van der Waals surface area contributed by atoms with E-state index >= 15 is 0 Å². The predicted molar refractivity (Wildman–Crippen MR) is 203 cm³/mol. The third-order valence-corrected chi connectivity index (χ3v) is 11.0. The summed E-state index contributed by atoms with van der Waals surface area (Å²) < 4.78 is 34.0. The Morgan fingerprint density at radius 3 is 1.33 bits per heavy atom. The Balaban J connectivity index is 2.42. The van der Waals surface area contributed by atoms with E-state index in [-0.39, 0.29) is 13.0 Å². The number of carbonyl (C=O) groups is 1. The summed E-state index contributed by atoms with van der Waals surface area (Å²) in [6, 6.07) is 0. The van der Waals surface area contributed by atoms with E-state index in [2.05, 4.69) is 13.8 Å². The molecule has 0 bridgehead atoms. The van der Waals surface area contributed by atoms with Crippen LogP contribution in [0.5, 0.6) is 0 Å². The van der Waals surface area contributed by atoms with Crippen molar-refractivity contribution < 1.29 is 58.3 Å². The van der Waals surface area contributed by atoms with Crippen LogP contribution >= 0.6 is 7.82 Å². The molecule has 0 radical (unpaired) electrons. The van der Waals surface area contributed by atoms with Gasteiger partial charge >= 0.3 is 13.8 Å². The van der Waals surface area contributed by atoms with Crippen molar-refractivity contribution in [3.63, 3.8) is 0 Å². The van der Waals surface area contributed by atoms with Crippen LogP contribution in [-0.2, 0) is 27.9 Å². The van der Waals surface area contributed by atoms with Crippen molar-refractivity contribution in [2.24, 2.45) is 0 Å². The fraction of sp³-hybridized carbons (Fsp3) is 0.974. The second-order valence-corrected chi connectivity index (χ2v) is 16.3. The number of unbranched alkanes of at least 4 members (excludes halogenated alkanes) is 23. The molecule has 0 aromatic heterocycles. The van der Waals surface area contributed by atoms with Crippen molar-refractivity contribution in [3.05, 3.63) is 0 Å². The van der Waals surface area contributed by atoms with Crippen molar-refractivity contribution in [2.75, 3.05) is 19.8 Å². The fourth-order valence-corrected chi connectivity index (χ4v) is 7.56. The van der Waals surface area contributed by atoms with Crippen LogP contribution in [0.15, 0.2) is 0 Å². The smallest absolute Gasteiger partial charge is 0.457 e. The zero-order chi connectivity index (χ0) is 38.5. The van der Waals surface area contributed by atoms with Gasteiger partial charge in [-0.2, -0.15) is 0 Å². The maximum Gasteiger partial charge on any atom is 0.472 e. The van der Waals surface area contributed by atoms with Gasteiger partial charge in [0.05, 0.1) is 13.2 Å². The molecule has 1 saturated carbocycles. The van der Waals surface area contributed by atoms with E-state index in [1.165, 1.54) is 116 Å². The van der Waals surface area contributed by atoms with Crippen molar-refractivity contribution >= 4 is 13.8 Å². The molecule has 1 aliphatic rings. The van der Waals surface area contributed by atoms with Crippen molar-refractivity contribution in [1.82, 2.24) is 0 Å². The molecule has 0 aromatic carbocycles. The molecule has 13 heteroatoms. The average molecular weight is 769 g/mol. The first-order valence-corrected chi connectivity index (χ1v) is 22.4. The van der Waals surface area contributed by atoms with Crippen LogP contribution in [0.2, 0.25) is 0 Å². The number of rotatable bonds is 35. The summed E-state index contributed by atoms with van der Waals surface area (Å²) in [5, 5.41) is 50.0. The highest BCUT2D eigenvalue weighted by Gasteiger charge is 2.51. The van der Waals surface area contributed by atoms with Gasteiger partial charge in [0, 0.05) is 13.0 Å². The van der Waals surface area contributed by atoms with Crippen LogP contribution < -0.4 is 0 Å². The van der Waals surface area contributed by atoms with E-state index < -0.39 is 63.1 Å². The normalized spacial score (nSPS) is 23.8. The highest BCUT2D eigenvalue weighted by molar-refractivity contribution is 7.47. The van der Waals surface area contributed by atoms with E-state index in [4.69, 9.17) is 18.5 Å². The van der Waals surface area contributed by atoms with Gasteiger partial charge in [0.2, 0.25) is 0 Å². The van der Waals surface area contributed by atoms with Crippen molar-refractivity contribution in [2.45, 2.75) is 224 Å². The van der Waals surface area contributed by atoms with Gasteiger partial charge in [-0.15, -0.1) is 0 Å². The first kappa shape index (κ1) is 49.4. The number of aliphatic hydroxyl groups is 5. The Morgan fingerprint density at radius 2 is 0.904 bits per heavy atom. The van der Waals surface area contributed by atoms with E-state index in [1.807, 2.05) is 0 Å². The third-order valence-electron chi connectivity index (χ3n) is 9.98. The minimum Gasteiger partial charge on any atom is -0.457 e. The van der Waals surface area contributed by atoms with E-state index in [1.54, 1.807) is 0 Å². The fourth-order valence-electron chi connectivity index (χ4n) is 6.59. The standard InChI is InChI=1S/C39H77O12P/c1-3-5-7-9-11-13-15-16-17-18-19-20-22-24-26-28-33(40)50-32(30-48-29-27-25-23-21-14-12-10-8-6-4-2)31-49-52(46,47)51-39-37(44)35(42)34(41)36(43)38(39)45/h32,34-39,41-45H,3-31H2,1-2H3,(H,46,47). The number of ether oxygens (including phenoxy) is 2. The second-order valence-electron chi connectivity index (χ2n) is 14.9. The zero-order valence-electron chi connectivity index (χ0n) is 32.6. The number of phosphoric acid groups is 1. The summed E-state index contributed by atoms with van der Waals surface area (Å²) in [5.74, 6) is -0.474. The quantitative estimate of drug-likeness (QED) is 0.0213. The SMILES string of the molecule is CCCCCCCCCCCCCCCCCC(=O)OC(COCCCCCCCCCCCC)COP(=O)(O)OC1C(O)C(O)C(O)C(O)C1O. The Bertz CT molecular complexity index is 879. The van der Waals surface area contributed by atoms with Gasteiger partial charge in [-0.3, -0.25) is 13.8 Å². The number of aliphatic hydroxyl groups excluding tert-OH is 5. The molecule has 0 aromatic rings. The maximum atomic E-state index is 12.7. The van der Waals surface area contributed by atoms with E-state index in [0.29, 0.717) is 13.0 Å². The van der Waals surface area contributed by atoms with E-state index in [9.17, 15) is 39.8 Å². The molecule has 1 rings (SSSR count). The molecular weight excluding hydrogens is 691 g/mol. The zero-order valence-corrected chi connectivity index (χ0v) is 33.5. The highest BCUT2D eigenvalue weighted by Crippen LogP contribution is 2.47. The van der Waals surface area contributed by atoms with Crippen LogP contribution in [0.1, 0.15) is 181 Å². The second kappa shape index (κ2) is 31.5. The Labute approximate surface area is 315 Å². The Hall–Kier alpha value is -0.660. The molecule has 310 valence electrons. The summed E-state index contributed by atoms with van der Waals surface area (Å²) in [5.41, 5.74) is 0. The van der Waals surface area contributed by atoms with Gasteiger partial charge < -0.3 is 39.9 Å². The largest absolute Gasteiger partial charge is 0.472 e. The lowest BCUT2D eigenvalue weighted by atomic mass is 9.85. The number of phosphoric ester groups is 1. The average Bonchev–Trinajstić information content (AvgIpc) is 3.12. The summed E-state index contributed by atoms with van der Waals surface area (Å²) in [6.07, 6.45) is 17.5. The number of hydrogen-bond acceptors (Lipinski definition) is 11. The minimum absolute atomic E-state index is 0.0691. The number of carbonyl (C=O) groups excluding carboxylic acids is 1. The van der Waals surface area contributed by atoms with Crippen LogP contribution in [0.3, 0.4) is 0 Å². The van der Waals surface area contributed by atoms with Gasteiger partial charge in [0.15, 0.2) is 0 Å². The first-order valence-electron chi connectivity index (χ1n) is 20.9. The van der Waals surface area contributed by atoms with Crippen LogP contribution in [-0.4, -0.2) is 98.9 Å². The molecule has 6 N–H and O–H groups in total. The van der Waals surface area contributed by atoms with Gasteiger partial charge in [0.25, 0.3) is 0 Å². The molecule has 1 aliphatic carbocycles. The minimum atomic E-state index is -5.00. The summed E-state index contributed by atoms with van der Waals surface area (Å²) >= 11 is 0. The highest BCUT2D eigenvalue weighted by atomic mass is 31.2. The summed E-state index contributed by atoms with van der Waals surface area (Å²) in [6.45, 7) is 4.25. The third kappa shape index (κ3) is 24.0. The molecule has 0 amide bonds.